The Balaban J connectivity index is 1.11. The van der Waals surface area contributed by atoms with Crippen molar-refractivity contribution >= 4 is 72.4 Å². The van der Waals surface area contributed by atoms with E-state index in [1.165, 1.54) is 120 Å². The molecule has 2 aliphatic carbocycles. The summed E-state index contributed by atoms with van der Waals surface area (Å²) in [5.74, 6) is 0. The van der Waals surface area contributed by atoms with E-state index in [0.717, 1.165) is 12.8 Å². The first-order valence-corrected chi connectivity index (χ1v) is 24.9. The van der Waals surface area contributed by atoms with Crippen molar-refractivity contribution in [3.05, 3.63) is 253 Å². The molecule has 2 aliphatic rings. The summed E-state index contributed by atoms with van der Waals surface area (Å²) in [7, 11) is -3.05. The van der Waals surface area contributed by atoms with Crippen LogP contribution in [-0.4, -0.2) is 17.2 Å². The lowest BCUT2D eigenvalue weighted by molar-refractivity contribution is 1.18. The van der Waals surface area contributed by atoms with E-state index in [-0.39, 0.29) is 0 Å². The number of aromatic nitrogens is 2. The fourth-order valence-corrected chi connectivity index (χ4v) is 16.8. The molecule has 0 amide bonds. The van der Waals surface area contributed by atoms with E-state index in [2.05, 4.69) is 240 Å². The Labute approximate surface area is 378 Å². The van der Waals surface area contributed by atoms with E-state index in [1.807, 2.05) is 0 Å². The molecule has 0 spiro atoms. The van der Waals surface area contributed by atoms with Gasteiger partial charge in [0.25, 0.3) is 0 Å². The Hall–Kier alpha value is -7.98. The SMILES string of the molecule is c1ccc(-n2c3ccc([Si](c4ccccc4)(c4ccccc4)c4ccc5c(c4)c4c6c(ccc4n5-c4ccccc4)-c4ccccc4C6)cc3c3c4c(ccc32)-c2ccccc2C4)cc1. The summed E-state index contributed by atoms with van der Waals surface area (Å²) < 4.78 is 4.99. The van der Waals surface area contributed by atoms with Crippen molar-refractivity contribution in [2.75, 3.05) is 0 Å². The number of benzene rings is 10. The van der Waals surface area contributed by atoms with E-state index in [0.29, 0.717) is 0 Å². The molecule has 0 saturated heterocycles. The van der Waals surface area contributed by atoms with Gasteiger partial charge in [0.1, 0.15) is 0 Å². The van der Waals surface area contributed by atoms with Crippen LogP contribution >= 0.6 is 0 Å². The molecule has 0 atom stereocenters. The molecule has 14 rings (SSSR count). The summed E-state index contributed by atoms with van der Waals surface area (Å²) in [6.45, 7) is 0. The number of rotatable bonds is 6. The average Bonchev–Trinajstić information content (AvgIpc) is 4.13. The van der Waals surface area contributed by atoms with Gasteiger partial charge in [-0.1, -0.05) is 182 Å². The zero-order chi connectivity index (χ0) is 42.6. The molecule has 304 valence electrons. The maximum Gasteiger partial charge on any atom is 0.179 e. The first-order valence-electron chi connectivity index (χ1n) is 22.9. The third-order valence-corrected chi connectivity index (χ3v) is 19.5. The minimum atomic E-state index is -3.05. The highest BCUT2D eigenvalue weighted by molar-refractivity contribution is 7.20. The fourth-order valence-electron chi connectivity index (χ4n) is 12.0. The second kappa shape index (κ2) is 14.0. The lowest BCUT2D eigenvalue weighted by atomic mass is 10.0. The van der Waals surface area contributed by atoms with Crippen molar-refractivity contribution in [1.82, 2.24) is 9.13 Å². The molecule has 3 heteroatoms. The summed E-state index contributed by atoms with van der Waals surface area (Å²) in [4.78, 5) is 0. The third kappa shape index (κ3) is 5.16. The molecule has 65 heavy (non-hydrogen) atoms. The topological polar surface area (TPSA) is 9.86 Å². The molecule has 0 radical (unpaired) electrons. The standard InChI is InChI=1S/C62H42N2Si/c1-5-19-43(20-6-1)63-57-33-29-47(39-55(57)61-53-37-41-17-13-15-27-49(41)51(53)31-35-59(61)63)65(45-23-9-3-10-24-45,46-25-11-4-12-26-46)48-30-34-58-56(40-48)62-54-38-42-18-14-16-28-50(42)52(54)32-36-60(62)64(58)44-21-7-2-8-22-44/h1-36,39-40H,37-38H2. The molecule has 0 unspecified atom stereocenters. The normalized spacial score (nSPS) is 12.8. The van der Waals surface area contributed by atoms with Crippen LogP contribution < -0.4 is 20.7 Å². The van der Waals surface area contributed by atoms with Gasteiger partial charge in [0, 0.05) is 32.9 Å². The van der Waals surface area contributed by atoms with Gasteiger partial charge in [0.15, 0.2) is 8.07 Å². The molecule has 2 nitrogen and oxygen atoms in total. The monoisotopic (exact) mass is 842 g/mol. The van der Waals surface area contributed by atoms with Crippen molar-refractivity contribution in [2.24, 2.45) is 0 Å². The van der Waals surface area contributed by atoms with Gasteiger partial charge in [-0.2, -0.15) is 0 Å². The zero-order valence-corrected chi connectivity index (χ0v) is 36.7. The van der Waals surface area contributed by atoms with E-state index < -0.39 is 8.07 Å². The Kier molecular flexibility index (Phi) is 7.87. The summed E-state index contributed by atoms with van der Waals surface area (Å²) >= 11 is 0. The highest BCUT2D eigenvalue weighted by Gasteiger charge is 2.42. The smallest absolute Gasteiger partial charge is 0.179 e. The number of fused-ring (bicyclic) bond motifs is 14. The van der Waals surface area contributed by atoms with Crippen LogP contribution in [0.25, 0.3) is 77.2 Å². The molecule has 0 fully saturated rings. The van der Waals surface area contributed by atoms with Crippen LogP contribution in [0.15, 0.2) is 231 Å². The van der Waals surface area contributed by atoms with Crippen molar-refractivity contribution in [3.8, 4) is 33.6 Å². The first kappa shape index (κ1) is 36.5. The number of nitrogens with zero attached hydrogens (tertiary/aromatic N) is 2. The predicted molar refractivity (Wildman–Crippen MR) is 275 cm³/mol. The van der Waals surface area contributed by atoms with Gasteiger partial charge in [-0.05, 0) is 127 Å². The van der Waals surface area contributed by atoms with Crippen molar-refractivity contribution < 1.29 is 0 Å². The summed E-state index contributed by atoms with van der Waals surface area (Å²) in [5.41, 5.74) is 18.4. The van der Waals surface area contributed by atoms with Gasteiger partial charge in [0.05, 0.1) is 22.1 Å². The van der Waals surface area contributed by atoms with Crippen LogP contribution in [0.1, 0.15) is 22.3 Å². The highest BCUT2D eigenvalue weighted by Crippen LogP contribution is 2.46. The average molecular weight is 843 g/mol. The molecular formula is C62H42N2Si. The van der Waals surface area contributed by atoms with Crippen LogP contribution in [0.3, 0.4) is 0 Å². The molecular weight excluding hydrogens is 801 g/mol. The first-order chi connectivity index (χ1) is 32.3. The largest absolute Gasteiger partial charge is 0.309 e. The van der Waals surface area contributed by atoms with Crippen molar-refractivity contribution in [2.45, 2.75) is 12.8 Å². The highest BCUT2D eigenvalue weighted by atomic mass is 28.3. The van der Waals surface area contributed by atoms with Crippen LogP contribution in [0, 0.1) is 0 Å². The van der Waals surface area contributed by atoms with Crippen LogP contribution in [-0.2, 0) is 12.8 Å². The quantitative estimate of drug-likeness (QED) is 0.117. The van der Waals surface area contributed by atoms with E-state index in [4.69, 9.17) is 0 Å². The van der Waals surface area contributed by atoms with E-state index in [9.17, 15) is 0 Å². The molecule has 0 aliphatic heterocycles. The maximum atomic E-state index is 2.61. The van der Waals surface area contributed by atoms with Gasteiger partial charge < -0.3 is 9.13 Å². The summed E-state index contributed by atoms with van der Waals surface area (Å²) in [5, 5.41) is 10.9. The Bertz CT molecular complexity index is 3610. The van der Waals surface area contributed by atoms with Gasteiger partial charge in [0.2, 0.25) is 0 Å². The third-order valence-electron chi connectivity index (χ3n) is 14.7. The lowest BCUT2D eigenvalue weighted by Gasteiger charge is -2.34. The van der Waals surface area contributed by atoms with Crippen molar-refractivity contribution in [1.29, 1.82) is 0 Å². The molecule has 0 saturated carbocycles. The number of para-hydroxylation sites is 2. The predicted octanol–water partition coefficient (Wildman–Crippen LogP) is 12.4. The second-order valence-electron chi connectivity index (χ2n) is 17.9. The Morgan fingerprint density at radius 2 is 0.662 bits per heavy atom. The zero-order valence-electron chi connectivity index (χ0n) is 35.7. The van der Waals surface area contributed by atoms with E-state index in [1.54, 1.807) is 0 Å². The second-order valence-corrected chi connectivity index (χ2v) is 21.7. The summed E-state index contributed by atoms with van der Waals surface area (Å²) in [6.07, 6.45) is 1.86. The van der Waals surface area contributed by atoms with Gasteiger partial charge >= 0.3 is 0 Å². The van der Waals surface area contributed by atoms with Gasteiger partial charge in [-0.25, -0.2) is 0 Å². The molecule has 2 heterocycles. The minimum Gasteiger partial charge on any atom is -0.309 e. The van der Waals surface area contributed by atoms with E-state index >= 15 is 0 Å². The minimum absolute atomic E-state index is 0.928. The number of hydrogen-bond acceptors (Lipinski definition) is 0. The Morgan fingerprint density at radius 1 is 0.292 bits per heavy atom. The maximum absolute atomic E-state index is 3.05. The number of hydrogen-bond donors (Lipinski definition) is 0. The molecule has 0 bridgehead atoms. The van der Waals surface area contributed by atoms with Crippen LogP contribution in [0.5, 0.6) is 0 Å². The lowest BCUT2D eigenvalue weighted by Crippen LogP contribution is -2.74. The van der Waals surface area contributed by atoms with Crippen LogP contribution in [0.4, 0.5) is 0 Å². The molecule has 12 aromatic rings. The van der Waals surface area contributed by atoms with Gasteiger partial charge in [-0.3, -0.25) is 0 Å². The van der Waals surface area contributed by atoms with Gasteiger partial charge in [-0.15, -0.1) is 0 Å². The van der Waals surface area contributed by atoms with Crippen LogP contribution in [0.2, 0.25) is 0 Å². The summed E-state index contributed by atoms with van der Waals surface area (Å²) in [6, 6.07) is 87.3. The molecule has 10 aromatic carbocycles. The molecule has 2 aromatic heterocycles. The fraction of sp³-hybridized carbons (Fsp3) is 0.0323. The molecule has 0 N–H and O–H groups in total. The Morgan fingerprint density at radius 3 is 1.09 bits per heavy atom. The van der Waals surface area contributed by atoms with Crippen molar-refractivity contribution in [3.63, 3.8) is 0 Å².